The van der Waals surface area contributed by atoms with E-state index in [9.17, 15) is 13.6 Å². The normalized spacial score (nSPS) is 10.6. The Morgan fingerprint density at radius 1 is 0.850 bits per heavy atom. The van der Waals surface area contributed by atoms with E-state index in [1.165, 1.54) is 36.4 Å². The van der Waals surface area contributed by atoms with Crippen molar-refractivity contribution in [3.63, 3.8) is 0 Å². The van der Waals surface area contributed by atoms with Crippen molar-refractivity contribution in [2.75, 3.05) is 0 Å². The zero-order valence-electron chi connectivity index (χ0n) is 10.3. The third-order valence-electron chi connectivity index (χ3n) is 2.91. The van der Waals surface area contributed by atoms with Crippen LogP contribution in [-0.4, -0.2) is 5.78 Å². The zero-order valence-corrected chi connectivity index (χ0v) is 13.5. The van der Waals surface area contributed by atoms with Gasteiger partial charge in [-0.1, -0.05) is 31.9 Å². The van der Waals surface area contributed by atoms with Gasteiger partial charge < -0.3 is 0 Å². The van der Waals surface area contributed by atoms with Gasteiger partial charge in [0.1, 0.15) is 11.6 Å². The summed E-state index contributed by atoms with van der Waals surface area (Å²) in [6.07, 6.45) is 0. The van der Waals surface area contributed by atoms with E-state index in [4.69, 9.17) is 0 Å². The van der Waals surface area contributed by atoms with Crippen LogP contribution < -0.4 is 0 Å². The van der Waals surface area contributed by atoms with E-state index < -0.39 is 11.6 Å². The molecular weight excluding hydrogens is 394 g/mol. The number of carbonyl (C=O) groups excluding carboxylic acids is 1. The van der Waals surface area contributed by atoms with Crippen LogP contribution in [0.2, 0.25) is 0 Å². The van der Waals surface area contributed by atoms with Crippen molar-refractivity contribution in [3.8, 4) is 0 Å². The lowest BCUT2D eigenvalue weighted by Crippen LogP contribution is -2.08. The molecule has 0 saturated carbocycles. The number of halogens is 4. The highest BCUT2D eigenvalue weighted by atomic mass is 79.9. The average Bonchev–Trinajstić information content (AvgIpc) is 2.46. The lowest BCUT2D eigenvalue weighted by atomic mass is 9.96. The quantitative estimate of drug-likeness (QED) is 0.519. The number of ketones is 1. The third kappa shape index (κ3) is 3.15. The largest absolute Gasteiger partial charge is 0.289 e. The second-order valence-corrected chi connectivity index (χ2v) is 5.32. The molecule has 2 aromatic carbocycles. The summed E-state index contributed by atoms with van der Waals surface area (Å²) in [7, 11) is 0. The summed E-state index contributed by atoms with van der Waals surface area (Å²) < 4.78 is 26.4. The first-order chi connectivity index (χ1) is 9.56. The van der Waals surface area contributed by atoms with Gasteiger partial charge in [-0.15, -0.1) is 0 Å². The molecule has 2 aromatic rings. The molecule has 0 atom stereocenters. The van der Waals surface area contributed by atoms with Crippen molar-refractivity contribution in [3.05, 3.63) is 70.3 Å². The van der Waals surface area contributed by atoms with Crippen LogP contribution in [0.15, 0.2) is 36.4 Å². The molecule has 2 rings (SSSR count). The molecule has 5 heteroatoms. The Hall–Kier alpha value is -1.07. The third-order valence-corrected chi connectivity index (χ3v) is 4.12. The summed E-state index contributed by atoms with van der Waals surface area (Å²) in [6, 6.07) is 8.04. The van der Waals surface area contributed by atoms with Crippen molar-refractivity contribution in [1.29, 1.82) is 0 Å². The van der Waals surface area contributed by atoms with Crippen LogP contribution in [0.25, 0.3) is 0 Å². The molecule has 0 bridgehead atoms. The van der Waals surface area contributed by atoms with Crippen molar-refractivity contribution < 1.29 is 13.6 Å². The SMILES string of the molecule is O=C(c1ccc(F)cc1CBr)c1ccc(F)cc1CBr. The van der Waals surface area contributed by atoms with Crippen molar-refractivity contribution in [1.82, 2.24) is 0 Å². The first-order valence-corrected chi connectivity index (χ1v) is 8.04. The lowest BCUT2D eigenvalue weighted by molar-refractivity contribution is 0.103. The van der Waals surface area contributed by atoms with Gasteiger partial charge in [0.05, 0.1) is 0 Å². The maximum Gasteiger partial charge on any atom is 0.193 e. The van der Waals surface area contributed by atoms with Gasteiger partial charge in [0, 0.05) is 21.8 Å². The van der Waals surface area contributed by atoms with E-state index in [0.717, 1.165) is 0 Å². The minimum Gasteiger partial charge on any atom is -0.289 e. The molecule has 20 heavy (non-hydrogen) atoms. The minimum absolute atomic E-state index is 0.242. The van der Waals surface area contributed by atoms with Crippen molar-refractivity contribution in [2.45, 2.75) is 10.7 Å². The number of benzene rings is 2. The van der Waals surface area contributed by atoms with Gasteiger partial charge in [-0.05, 0) is 47.5 Å². The molecule has 0 saturated heterocycles. The Kier molecular flexibility index (Phi) is 5.05. The molecule has 0 aliphatic carbocycles. The Morgan fingerprint density at radius 3 is 1.60 bits per heavy atom. The first kappa shape index (κ1) is 15.3. The van der Waals surface area contributed by atoms with Gasteiger partial charge in [-0.2, -0.15) is 0 Å². The molecule has 0 spiro atoms. The Labute approximate surface area is 132 Å². The highest BCUT2D eigenvalue weighted by Crippen LogP contribution is 2.22. The molecule has 0 amide bonds. The summed E-state index contributed by atoms with van der Waals surface area (Å²) in [5.41, 5.74) is 1.97. The molecule has 0 heterocycles. The fraction of sp³-hybridized carbons (Fsp3) is 0.133. The maximum atomic E-state index is 13.2. The van der Waals surface area contributed by atoms with E-state index >= 15 is 0 Å². The average molecular weight is 404 g/mol. The van der Waals surface area contributed by atoms with Crippen LogP contribution in [0.5, 0.6) is 0 Å². The second-order valence-electron chi connectivity index (χ2n) is 4.20. The summed E-state index contributed by atoms with van der Waals surface area (Å²) in [6.45, 7) is 0. The molecule has 0 N–H and O–H groups in total. The van der Waals surface area contributed by atoms with Crippen LogP contribution >= 0.6 is 31.9 Å². The van der Waals surface area contributed by atoms with Crippen molar-refractivity contribution >= 4 is 37.6 Å². The van der Waals surface area contributed by atoms with Gasteiger partial charge in [0.2, 0.25) is 0 Å². The summed E-state index contributed by atoms with van der Waals surface area (Å²) in [5, 5.41) is 0.743. The maximum absolute atomic E-state index is 13.2. The first-order valence-electron chi connectivity index (χ1n) is 5.80. The summed E-state index contributed by atoms with van der Waals surface area (Å²) >= 11 is 6.48. The number of rotatable bonds is 4. The second kappa shape index (κ2) is 6.59. The molecule has 0 fully saturated rings. The molecule has 0 aromatic heterocycles. The standard InChI is InChI=1S/C15H10Br2F2O/c16-7-9-5-11(18)1-3-13(9)15(20)14-4-2-12(19)6-10(14)8-17/h1-6H,7-8H2. The van der Waals surface area contributed by atoms with E-state index in [-0.39, 0.29) is 5.78 Å². The van der Waals surface area contributed by atoms with Crippen LogP contribution in [0.4, 0.5) is 8.78 Å². The number of alkyl halides is 2. The predicted octanol–water partition coefficient (Wildman–Crippen LogP) is 4.99. The highest BCUT2D eigenvalue weighted by molar-refractivity contribution is 9.08. The topological polar surface area (TPSA) is 17.1 Å². The highest BCUT2D eigenvalue weighted by Gasteiger charge is 2.17. The van der Waals surface area contributed by atoms with E-state index in [1.807, 2.05) is 0 Å². The number of carbonyl (C=O) groups is 1. The summed E-state index contributed by atoms with van der Waals surface area (Å²) in [5.74, 6) is -1.03. The minimum atomic E-state index is -0.393. The van der Waals surface area contributed by atoms with E-state index in [1.54, 1.807) is 0 Å². The lowest BCUT2D eigenvalue weighted by Gasteiger charge is -2.10. The number of hydrogen-bond donors (Lipinski definition) is 0. The predicted molar refractivity (Wildman–Crippen MR) is 81.5 cm³/mol. The molecule has 0 aliphatic rings. The molecular formula is C15H10Br2F2O. The van der Waals surface area contributed by atoms with E-state index in [0.29, 0.717) is 32.9 Å². The fourth-order valence-corrected chi connectivity index (χ4v) is 2.86. The number of hydrogen-bond acceptors (Lipinski definition) is 1. The molecule has 0 aliphatic heterocycles. The van der Waals surface area contributed by atoms with Crippen LogP contribution in [0.1, 0.15) is 27.0 Å². The monoisotopic (exact) mass is 402 g/mol. The molecule has 0 radical (unpaired) electrons. The van der Waals surface area contributed by atoms with Crippen LogP contribution in [0.3, 0.4) is 0 Å². The van der Waals surface area contributed by atoms with E-state index in [2.05, 4.69) is 31.9 Å². The smallest absolute Gasteiger partial charge is 0.193 e. The molecule has 104 valence electrons. The van der Waals surface area contributed by atoms with Crippen molar-refractivity contribution in [2.24, 2.45) is 0 Å². The Morgan fingerprint density at radius 2 is 1.25 bits per heavy atom. The van der Waals surface area contributed by atoms with Gasteiger partial charge in [0.15, 0.2) is 5.78 Å². The van der Waals surface area contributed by atoms with Gasteiger partial charge in [0.25, 0.3) is 0 Å². The Bertz CT molecular complexity index is 601. The fourth-order valence-electron chi connectivity index (χ4n) is 1.93. The Balaban J connectivity index is 2.51. The van der Waals surface area contributed by atoms with Gasteiger partial charge >= 0.3 is 0 Å². The molecule has 1 nitrogen and oxygen atoms in total. The summed E-state index contributed by atoms with van der Waals surface area (Å²) in [4.78, 5) is 12.5. The van der Waals surface area contributed by atoms with Crippen LogP contribution in [0, 0.1) is 11.6 Å². The molecule has 0 unspecified atom stereocenters. The van der Waals surface area contributed by atoms with Gasteiger partial charge in [-0.3, -0.25) is 4.79 Å². The van der Waals surface area contributed by atoms with Gasteiger partial charge in [-0.25, -0.2) is 8.78 Å². The zero-order chi connectivity index (χ0) is 14.7. The van der Waals surface area contributed by atoms with Crippen LogP contribution in [-0.2, 0) is 10.7 Å².